The minimum absolute atomic E-state index is 0.236. The van der Waals surface area contributed by atoms with Crippen LogP contribution in [0.2, 0.25) is 0 Å². The number of hydrogen-bond donors (Lipinski definition) is 2. The quantitative estimate of drug-likeness (QED) is 0.726. The molecule has 0 bridgehead atoms. The van der Waals surface area contributed by atoms with Crippen LogP contribution in [0, 0.1) is 0 Å². The van der Waals surface area contributed by atoms with Crippen LogP contribution in [-0.4, -0.2) is 49.2 Å². The molecule has 25 heavy (non-hydrogen) atoms. The van der Waals surface area contributed by atoms with Gasteiger partial charge in [-0.25, -0.2) is 4.68 Å². The molecule has 0 saturated carbocycles. The highest BCUT2D eigenvalue weighted by molar-refractivity contribution is 7.18. The number of nitrogens with zero attached hydrogens (tertiary/aromatic N) is 6. The number of carbonyl (C=O) groups excluding carboxylic acids is 1. The molecule has 1 fully saturated rings. The lowest BCUT2D eigenvalue weighted by atomic mass is 10.1. The van der Waals surface area contributed by atoms with Crippen LogP contribution in [0.25, 0.3) is 10.7 Å². The summed E-state index contributed by atoms with van der Waals surface area (Å²) in [5.74, 6) is -0.348. The molecule has 3 aromatic heterocycles. The van der Waals surface area contributed by atoms with Gasteiger partial charge in [0.05, 0.1) is 12.2 Å². The predicted molar refractivity (Wildman–Crippen MR) is 92.3 cm³/mol. The van der Waals surface area contributed by atoms with Gasteiger partial charge in [0.25, 0.3) is 5.91 Å². The zero-order chi connectivity index (χ0) is 17.1. The van der Waals surface area contributed by atoms with Crippen molar-refractivity contribution >= 4 is 22.4 Å². The van der Waals surface area contributed by atoms with Gasteiger partial charge >= 0.3 is 0 Å². The van der Waals surface area contributed by atoms with Crippen LogP contribution in [0.3, 0.4) is 0 Å². The van der Waals surface area contributed by atoms with E-state index in [2.05, 4.69) is 36.1 Å². The van der Waals surface area contributed by atoms with Gasteiger partial charge in [-0.3, -0.25) is 15.1 Å². The van der Waals surface area contributed by atoms with Crippen LogP contribution >= 0.6 is 11.3 Å². The second-order valence-corrected chi connectivity index (χ2v) is 6.64. The van der Waals surface area contributed by atoms with Gasteiger partial charge in [0.1, 0.15) is 5.69 Å². The fourth-order valence-electron chi connectivity index (χ4n) is 2.65. The number of nitrogens with one attached hydrogen (secondary N) is 2. The van der Waals surface area contributed by atoms with Gasteiger partial charge in [-0.1, -0.05) is 22.6 Å². The molecule has 9 nitrogen and oxygen atoms in total. The molecule has 4 heterocycles. The average Bonchev–Trinajstić information content (AvgIpc) is 3.33. The summed E-state index contributed by atoms with van der Waals surface area (Å²) < 4.78 is 1.75. The van der Waals surface area contributed by atoms with E-state index < -0.39 is 0 Å². The first-order valence-electron chi connectivity index (χ1n) is 7.98. The average molecular weight is 356 g/mol. The molecular formula is C15H16N8OS. The maximum Gasteiger partial charge on any atom is 0.279 e. The third-order valence-electron chi connectivity index (χ3n) is 3.92. The summed E-state index contributed by atoms with van der Waals surface area (Å²) >= 11 is 1.26. The molecule has 1 aliphatic rings. The zero-order valence-corrected chi connectivity index (χ0v) is 14.1. The molecule has 2 N–H and O–H groups in total. The van der Waals surface area contributed by atoms with Gasteiger partial charge in [-0.15, -0.1) is 15.3 Å². The molecule has 3 aromatic rings. The highest BCUT2D eigenvalue weighted by Gasteiger charge is 2.19. The number of hydrogen-bond acceptors (Lipinski definition) is 8. The lowest BCUT2D eigenvalue weighted by Gasteiger charge is -2.22. The number of aromatic nitrogens is 6. The molecule has 128 valence electrons. The minimum Gasteiger partial charge on any atom is -0.315 e. The standard InChI is InChI=1S/C15H16N8OS/c24-13(12-9-23(22-19-12)10-4-3-6-16-8-10)18-15-21-20-14(25-15)11-5-1-2-7-17-11/h1-2,5,7,9-10,16H,3-4,6,8H2,(H,18,21,24). The normalized spacial score (nSPS) is 17.4. The Morgan fingerprint density at radius 3 is 3.08 bits per heavy atom. The van der Waals surface area contributed by atoms with Crippen LogP contribution in [0.5, 0.6) is 0 Å². The Labute approximate surface area is 147 Å². The van der Waals surface area contributed by atoms with Crippen molar-refractivity contribution in [3.63, 3.8) is 0 Å². The Hall–Kier alpha value is -2.72. The van der Waals surface area contributed by atoms with E-state index in [1.807, 2.05) is 18.2 Å². The molecule has 1 unspecified atom stereocenters. The molecule has 0 spiro atoms. The molecule has 1 atom stereocenters. The van der Waals surface area contributed by atoms with Gasteiger partial charge in [0.15, 0.2) is 10.7 Å². The minimum atomic E-state index is -0.348. The molecule has 10 heteroatoms. The van der Waals surface area contributed by atoms with E-state index in [-0.39, 0.29) is 17.6 Å². The van der Waals surface area contributed by atoms with Crippen LogP contribution in [0.15, 0.2) is 30.6 Å². The SMILES string of the molecule is O=C(Nc1nnc(-c2ccccn2)s1)c1cn(C2CCCNC2)nn1. The topological polar surface area (TPSA) is 111 Å². The Balaban J connectivity index is 1.44. The van der Waals surface area contributed by atoms with Crippen molar-refractivity contribution in [1.82, 2.24) is 35.5 Å². The van der Waals surface area contributed by atoms with Gasteiger partial charge in [-0.05, 0) is 31.5 Å². The van der Waals surface area contributed by atoms with E-state index in [9.17, 15) is 4.79 Å². The summed E-state index contributed by atoms with van der Waals surface area (Å²) in [7, 11) is 0. The first kappa shape index (κ1) is 15.8. The summed E-state index contributed by atoms with van der Waals surface area (Å²) in [4.78, 5) is 16.6. The van der Waals surface area contributed by atoms with Crippen LogP contribution in [-0.2, 0) is 0 Å². The highest BCUT2D eigenvalue weighted by Crippen LogP contribution is 2.24. The fourth-order valence-corrected chi connectivity index (χ4v) is 3.36. The van der Waals surface area contributed by atoms with Crippen molar-refractivity contribution in [1.29, 1.82) is 0 Å². The molecule has 1 saturated heterocycles. The second kappa shape index (κ2) is 7.03. The third-order valence-corrected chi connectivity index (χ3v) is 4.78. The largest absolute Gasteiger partial charge is 0.315 e. The summed E-state index contributed by atoms with van der Waals surface area (Å²) in [6.07, 6.45) is 5.48. The molecule has 4 rings (SSSR count). The smallest absolute Gasteiger partial charge is 0.279 e. The van der Waals surface area contributed by atoms with E-state index in [0.717, 1.165) is 31.6 Å². The second-order valence-electron chi connectivity index (χ2n) is 5.67. The van der Waals surface area contributed by atoms with Gasteiger partial charge in [0, 0.05) is 12.7 Å². The van der Waals surface area contributed by atoms with Crippen molar-refractivity contribution in [2.45, 2.75) is 18.9 Å². The van der Waals surface area contributed by atoms with Crippen molar-refractivity contribution in [2.24, 2.45) is 0 Å². The molecule has 0 aliphatic carbocycles. The molecule has 1 amide bonds. The van der Waals surface area contributed by atoms with Gasteiger partial charge < -0.3 is 5.32 Å². The highest BCUT2D eigenvalue weighted by atomic mass is 32.1. The van der Waals surface area contributed by atoms with E-state index in [1.54, 1.807) is 17.1 Å². The number of carbonyl (C=O) groups is 1. The third kappa shape index (κ3) is 3.54. The number of anilines is 1. The Morgan fingerprint density at radius 1 is 1.32 bits per heavy atom. The van der Waals surface area contributed by atoms with E-state index in [0.29, 0.717) is 10.1 Å². The van der Waals surface area contributed by atoms with Gasteiger partial charge in [0.2, 0.25) is 5.13 Å². The van der Waals surface area contributed by atoms with Crippen molar-refractivity contribution in [3.05, 3.63) is 36.3 Å². The molecular weight excluding hydrogens is 340 g/mol. The maximum atomic E-state index is 12.3. The molecule has 1 aliphatic heterocycles. The Morgan fingerprint density at radius 2 is 2.28 bits per heavy atom. The summed E-state index contributed by atoms with van der Waals surface area (Å²) in [6.45, 7) is 1.86. The maximum absolute atomic E-state index is 12.3. The van der Waals surface area contributed by atoms with Gasteiger partial charge in [-0.2, -0.15) is 0 Å². The number of pyridine rings is 1. The van der Waals surface area contributed by atoms with Crippen molar-refractivity contribution in [2.75, 3.05) is 18.4 Å². The first-order valence-corrected chi connectivity index (χ1v) is 8.80. The number of rotatable bonds is 4. The first-order chi connectivity index (χ1) is 12.3. The van der Waals surface area contributed by atoms with E-state index in [4.69, 9.17) is 0 Å². The van der Waals surface area contributed by atoms with Crippen LogP contribution in [0.1, 0.15) is 29.4 Å². The summed E-state index contributed by atoms with van der Waals surface area (Å²) in [5, 5.41) is 23.2. The van der Waals surface area contributed by atoms with Crippen LogP contribution in [0.4, 0.5) is 5.13 Å². The molecule has 0 aromatic carbocycles. The van der Waals surface area contributed by atoms with Crippen LogP contribution < -0.4 is 10.6 Å². The lowest BCUT2D eigenvalue weighted by molar-refractivity contribution is 0.102. The van der Waals surface area contributed by atoms with E-state index >= 15 is 0 Å². The fraction of sp³-hybridized carbons (Fsp3) is 0.333. The summed E-state index contributed by atoms with van der Waals surface area (Å²) in [6, 6.07) is 5.79. The van der Waals surface area contributed by atoms with Crippen molar-refractivity contribution < 1.29 is 4.79 Å². The number of piperidine rings is 1. The molecule has 0 radical (unpaired) electrons. The lowest BCUT2D eigenvalue weighted by Crippen LogP contribution is -2.31. The van der Waals surface area contributed by atoms with Crippen molar-refractivity contribution in [3.8, 4) is 10.7 Å². The summed E-state index contributed by atoms with van der Waals surface area (Å²) in [5.41, 5.74) is 0.983. The Bertz CT molecular complexity index is 855. The predicted octanol–water partition coefficient (Wildman–Crippen LogP) is 1.37. The number of amides is 1. The Kier molecular flexibility index (Phi) is 4.44. The van der Waals surface area contributed by atoms with E-state index in [1.165, 1.54) is 11.3 Å². The zero-order valence-electron chi connectivity index (χ0n) is 13.3. The monoisotopic (exact) mass is 356 g/mol.